The summed E-state index contributed by atoms with van der Waals surface area (Å²) in [5.41, 5.74) is 0. The minimum Gasteiger partial charge on any atom is -0.0773 e. The molecule has 0 unspecified atom stereocenters. The second-order valence-corrected chi connectivity index (χ2v) is 6.17. The Balaban J connectivity index is 1.81. The summed E-state index contributed by atoms with van der Waals surface area (Å²) in [5, 5.41) is 0. The monoisotopic (exact) mass is 174 g/mol. The van der Waals surface area contributed by atoms with Crippen LogP contribution < -0.4 is 0 Å². The molecule has 0 aromatic carbocycles. The second kappa shape index (κ2) is 3.40. The van der Waals surface area contributed by atoms with E-state index >= 15 is 0 Å². The zero-order valence-electron chi connectivity index (χ0n) is 6.21. The molecule has 0 aromatic heterocycles. The Morgan fingerprint density at radius 2 is 1.40 bits per heavy atom. The average Bonchev–Trinajstić information content (AvgIpc) is 2.76. The van der Waals surface area contributed by atoms with Gasteiger partial charge in [0.25, 0.3) is 0 Å². The van der Waals surface area contributed by atoms with Crippen molar-refractivity contribution in [3.63, 3.8) is 0 Å². The first-order chi connectivity index (χ1) is 4.97. The SMILES string of the molecule is C1CCCC(C2SS2)CC1. The fourth-order valence-electron chi connectivity index (χ4n) is 1.77. The Kier molecular flexibility index (Phi) is 2.50. The first kappa shape index (κ1) is 7.35. The molecule has 0 aromatic rings. The van der Waals surface area contributed by atoms with Crippen LogP contribution in [-0.2, 0) is 0 Å². The molecule has 1 aliphatic carbocycles. The lowest BCUT2D eigenvalue weighted by atomic mass is 10.0. The molecule has 0 N–H and O–H groups in total. The molecule has 0 amide bonds. The van der Waals surface area contributed by atoms with E-state index < -0.39 is 0 Å². The maximum atomic E-state index is 2.10. The predicted octanol–water partition coefficient (Wildman–Crippen LogP) is 3.68. The van der Waals surface area contributed by atoms with Gasteiger partial charge in [-0.05, 0) is 18.8 Å². The Bertz CT molecular complexity index is 102. The topological polar surface area (TPSA) is 0 Å². The molecule has 10 heavy (non-hydrogen) atoms. The van der Waals surface area contributed by atoms with Gasteiger partial charge in [0.05, 0.1) is 4.58 Å². The molecule has 0 radical (unpaired) electrons. The van der Waals surface area contributed by atoms with Crippen molar-refractivity contribution in [2.75, 3.05) is 0 Å². The van der Waals surface area contributed by atoms with Gasteiger partial charge < -0.3 is 0 Å². The van der Waals surface area contributed by atoms with Crippen molar-refractivity contribution >= 4 is 21.6 Å². The fraction of sp³-hybridized carbons (Fsp3) is 1.00. The predicted molar refractivity (Wildman–Crippen MR) is 50.2 cm³/mol. The molecule has 58 valence electrons. The van der Waals surface area contributed by atoms with Gasteiger partial charge in [-0.1, -0.05) is 47.3 Å². The number of hydrogen-bond donors (Lipinski definition) is 0. The minimum atomic E-state index is 1.01. The summed E-state index contributed by atoms with van der Waals surface area (Å²) in [6, 6.07) is 0. The van der Waals surface area contributed by atoms with Crippen LogP contribution in [0.15, 0.2) is 0 Å². The van der Waals surface area contributed by atoms with Crippen molar-refractivity contribution in [3.8, 4) is 0 Å². The van der Waals surface area contributed by atoms with E-state index in [4.69, 9.17) is 0 Å². The molecule has 1 saturated carbocycles. The van der Waals surface area contributed by atoms with E-state index in [1.165, 1.54) is 38.5 Å². The zero-order chi connectivity index (χ0) is 6.81. The quantitative estimate of drug-likeness (QED) is 0.338. The van der Waals surface area contributed by atoms with Gasteiger partial charge in [0, 0.05) is 0 Å². The smallest absolute Gasteiger partial charge is 0.0738 e. The third kappa shape index (κ3) is 1.85. The maximum Gasteiger partial charge on any atom is 0.0738 e. The fourth-order valence-corrected chi connectivity index (χ4v) is 3.83. The molecule has 2 heteroatoms. The first-order valence-corrected chi connectivity index (χ1v) is 6.56. The summed E-state index contributed by atoms with van der Waals surface area (Å²) in [4.78, 5) is 0. The van der Waals surface area contributed by atoms with Crippen molar-refractivity contribution in [3.05, 3.63) is 0 Å². The summed E-state index contributed by atoms with van der Waals surface area (Å²) in [5.74, 6) is 1.08. The van der Waals surface area contributed by atoms with E-state index in [2.05, 4.69) is 21.6 Å². The van der Waals surface area contributed by atoms with Gasteiger partial charge in [-0.15, -0.1) is 0 Å². The molecule has 1 aliphatic heterocycles. The summed E-state index contributed by atoms with van der Waals surface area (Å²) >= 11 is 0. The van der Waals surface area contributed by atoms with Crippen molar-refractivity contribution in [2.24, 2.45) is 5.92 Å². The molecule has 1 heterocycles. The highest BCUT2D eigenvalue weighted by atomic mass is 33.2. The van der Waals surface area contributed by atoms with Crippen molar-refractivity contribution in [1.82, 2.24) is 0 Å². The zero-order valence-corrected chi connectivity index (χ0v) is 7.85. The third-order valence-corrected chi connectivity index (χ3v) is 4.92. The summed E-state index contributed by atoms with van der Waals surface area (Å²) < 4.78 is 1.01. The third-order valence-electron chi connectivity index (χ3n) is 2.49. The van der Waals surface area contributed by atoms with Crippen LogP contribution in [0, 0.1) is 5.92 Å². The van der Waals surface area contributed by atoms with E-state index in [-0.39, 0.29) is 0 Å². The molecule has 2 rings (SSSR count). The molecule has 2 fully saturated rings. The van der Waals surface area contributed by atoms with Crippen molar-refractivity contribution in [1.29, 1.82) is 0 Å². The molecule has 0 bridgehead atoms. The lowest BCUT2D eigenvalue weighted by molar-refractivity contribution is 0.503. The van der Waals surface area contributed by atoms with Crippen LogP contribution in [0.4, 0.5) is 0 Å². The van der Waals surface area contributed by atoms with Gasteiger partial charge in [-0.25, -0.2) is 0 Å². The van der Waals surface area contributed by atoms with Gasteiger partial charge >= 0.3 is 0 Å². The largest absolute Gasteiger partial charge is 0.0773 e. The van der Waals surface area contributed by atoms with Gasteiger partial charge in [0.2, 0.25) is 0 Å². The highest BCUT2D eigenvalue weighted by Gasteiger charge is 2.33. The number of hydrogen-bond acceptors (Lipinski definition) is 2. The van der Waals surface area contributed by atoms with Crippen LogP contribution in [0.1, 0.15) is 38.5 Å². The average molecular weight is 174 g/mol. The first-order valence-electron chi connectivity index (χ1n) is 4.29. The second-order valence-electron chi connectivity index (χ2n) is 3.31. The van der Waals surface area contributed by atoms with Crippen molar-refractivity contribution in [2.45, 2.75) is 43.1 Å². The van der Waals surface area contributed by atoms with Crippen LogP contribution in [0.2, 0.25) is 0 Å². The van der Waals surface area contributed by atoms with E-state index in [1.807, 2.05) is 0 Å². The summed E-state index contributed by atoms with van der Waals surface area (Å²) in [6.07, 6.45) is 9.04. The highest BCUT2D eigenvalue weighted by molar-refractivity contribution is 8.92. The van der Waals surface area contributed by atoms with Gasteiger partial charge in [-0.3, -0.25) is 0 Å². The van der Waals surface area contributed by atoms with Crippen LogP contribution in [0.5, 0.6) is 0 Å². The van der Waals surface area contributed by atoms with Crippen LogP contribution in [0.3, 0.4) is 0 Å². The van der Waals surface area contributed by atoms with Crippen LogP contribution >= 0.6 is 21.6 Å². The Morgan fingerprint density at radius 1 is 0.800 bits per heavy atom. The van der Waals surface area contributed by atoms with E-state index in [1.54, 1.807) is 0 Å². The van der Waals surface area contributed by atoms with E-state index in [9.17, 15) is 0 Å². The summed E-state index contributed by atoms with van der Waals surface area (Å²) in [7, 11) is 4.20. The molecule has 0 atom stereocenters. The standard InChI is InChI=1S/C8H14S2/c1-2-4-6-7(5-3-1)8-9-10-8/h7-8H,1-6H2. The highest BCUT2D eigenvalue weighted by Crippen LogP contribution is 2.59. The molecule has 0 nitrogen and oxygen atoms in total. The minimum absolute atomic E-state index is 1.01. The Labute approximate surface area is 70.9 Å². The maximum absolute atomic E-state index is 2.10. The lowest BCUT2D eigenvalue weighted by Crippen LogP contribution is -2.02. The Hall–Kier alpha value is 0.700. The van der Waals surface area contributed by atoms with Gasteiger partial charge in [0.1, 0.15) is 0 Å². The molecule has 1 saturated heterocycles. The molecular weight excluding hydrogens is 160 g/mol. The normalized spacial score (nSPS) is 30.0. The van der Waals surface area contributed by atoms with Gasteiger partial charge in [-0.2, -0.15) is 0 Å². The van der Waals surface area contributed by atoms with Gasteiger partial charge in [0.15, 0.2) is 0 Å². The van der Waals surface area contributed by atoms with E-state index in [0.29, 0.717) is 0 Å². The molecule has 0 spiro atoms. The molecular formula is C8H14S2. The van der Waals surface area contributed by atoms with E-state index in [0.717, 1.165) is 10.5 Å². The van der Waals surface area contributed by atoms with Crippen LogP contribution in [-0.4, -0.2) is 4.58 Å². The lowest BCUT2D eigenvalue weighted by Gasteiger charge is -2.08. The number of rotatable bonds is 1. The Morgan fingerprint density at radius 3 is 1.90 bits per heavy atom. The van der Waals surface area contributed by atoms with Crippen LogP contribution in [0.25, 0.3) is 0 Å². The molecule has 2 aliphatic rings. The van der Waals surface area contributed by atoms with Crippen molar-refractivity contribution < 1.29 is 0 Å². The summed E-state index contributed by atoms with van der Waals surface area (Å²) in [6.45, 7) is 0.